The maximum absolute atomic E-state index is 14.1. The van der Waals surface area contributed by atoms with E-state index in [9.17, 15) is 58.0 Å². The first kappa shape index (κ1) is 82.3. The Hall–Kier alpha value is -6.64. The zero-order valence-corrected chi connectivity index (χ0v) is 65.7. The number of fused-ring (bicyclic) bond motifs is 16. The molecule has 2 aromatic rings. The fraction of sp³-hybridized carbons (Fsp3) is 0.722. The van der Waals surface area contributed by atoms with Crippen LogP contribution in [0.2, 0.25) is 0 Å². The summed E-state index contributed by atoms with van der Waals surface area (Å²) in [6.45, 7) is 36.9. The first-order valence-electron chi connectivity index (χ1n) is 37.4. The molecule has 4 saturated heterocycles. The summed E-state index contributed by atoms with van der Waals surface area (Å²) in [7, 11) is 3.85. The summed E-state index contributed by atoms with van der Waals surface area (Å²) in [5.41, 5.74) is -7.74. The summed E-state index contributed by atoms with van der Waals surface area (Å²) in [5, 5.41) is 54.6. The number of aliphatic hydroxyl groups is 4. The lowest BCUT2D eigenvalue weighted by Gasteiger charge is -2.68. The average Bonchev–Trinajstić information content (AvgIpc) is 1.09. The lowest BCUT2D eigenvalue weighted by atomic mass is 9.43. The Kier molecular flexibility index (Phi) is 22.2. The van der Waals surface area contributed by atoms with Crippen molar-refractivity contribution in [3.05, 3.63) is 94.6 Å². The van der Waals surface area contributed by atoms with Gasteiger partial charge in [-0.15, -0.1) is 0 Å². The van der Waals surface area contributed by atoms with E-state index >= 15 is 0 Å². The average molecular weight is 1520 g/mol. The van der Waals surface area contributed by atoms with Crippen molar-refractivity contribution >= 4 is 36.1 Å². The standard InChI is InChI=1S/C40H58FN3O11.C39H53FN2O11/c1-20-25(51-34(47)30(46)29(24-13-12-23(41)17-42-24)43-35(48)55-36(4,5)6)16-40(49)21(2)32-38(9,15-14-26-39(32,19-50-26)54-22(3)45)33-31(28(20)37(40,7)8)52-27(53-33)18-44(10)11;1-11-26-50-30-27-19(2)24(49-33(45)29(44)28(23-13-12-22(40)17-41-23)42-34(46)53-35(5,6)7)16-39(47,36(27,8)9)20(3)31-37(10,32(30)51-26)15-14-25-38(31,18-48-25)52-21(4)43/h12-13,17,21,25-27,29-33,46,49H,14-16,18-19H2,1-11H3,(H,43,48);11-13,17,20,24-26,28-32,44,47H,1,14-16,18H2,2-10H3,(H,42,46)/t21-,25-,26+,27+,29-,30+,31+,32-,33+,38+,39-,40+;20-,24-,25+,26+,28-,29+,30+,31-,32+,37+,38-,39+/m00/s1. The van der Waals surface area contributed by atoms with E-state index in [1.165, 1.54) is 26.0 Å². The fourth-order valence-electron chi connectivity index (χ4n) is 20.7. The molecule has 598 valence electrons. The molecular weight excluding hydrogens is 1410 g/mol. The molecule has 4 bridgehead atoms. The second-order valence-electron chi connectivity index (χ2n) is 35.3. The minimum absolute atomic E-state index is 0.00937. The first-order chi connectivity index (χ1) is 50.0. The van der Waals surface area contributed by atoms with Crippen molar-refractivity contribution < 1.29 is 115 Å². The van der Waals surface area contributed by atoms with Gasteiger partial charge in [-0.25, -0.2) is 28.0 Å². The molecule has 24 atom stereocenters. The molecule has 2 amide bonds. The maximum atomic E-state index is 14.1. The Balaban J connectivity index is 0.000000215. The number of esters is 4. The van der Waals surface area contributed by atoms with Crippen molar-refractivity contribution in [2.24, 2.45) is 45.3 Å². The number of hydrogen-bond acceptors (Lipinski definition) is 25. The summed E-state index contributed by atoms with van der Waals surface area (Å²) >= 11 is 0. The molecule has 0 unspecified atom stereocenters. The molecule has 8 fully saturated rings. The van der Waals surface area contributed by atoms with E-state index in [4.69, 9.17) is 56.8 Å². The van der Waals surface area contributed by atoms with Crippen LogP contribution in [0, 0.1) is 57.0 Å². The SMILES string of the molecule is C=C[C@@H]1O[C@@H]2C3=C(C)[C@@H](OC(=O)[C@H](O)[C@@H](NC(=O)OC(C)(C)C)c4ccc(F)cn4)C[C@@](O)([C@@H](C)[C@H]4[C@@](C)(CC[C@H]5OC[C@]54OC(C)=O)[C@@H]2O1)C3(C)C.CC(=O)O[C@@]12CO[C@@H]1CC[C@@]1(C)[C@@H]3O[C@H](CN(C)C)O[C@@H]3C3=C(C)[C@@H](OC(=O)[C@H](O)[C@@H](NC(=O)OC(C)(C)C)c4ccc(F)cn4)C[C@@](O)([C@@H](C)[C@@H]12)C3(C)C. The van der Waals surface area contributed by atoms with Crippen molar-refractivity contribution in [3.8, 4) is 0 Å². The zero-order valence-electron chi connectivity index (χ0n) is 65.7. The van der Waals surface area contributed by atoms with Crippen LogP contribution in [0.4, 0.5) is 18.4 Å². The van der Waals surface area contributed by atoms with Gasteiger partial charge in [-0.1, -0.05) is 62.0 Å². The maximum Gasteiger partial charge on any atom is 0.408 e. The number of nitrogens with zero attached hydrogens (tertiary/aromatic N) is 3. The molecule has 0 aromatic carbocycles. The van der Waals surface area contributed by atoms with Crippen LogP contribution in [0.25, 0.3) is 0 Å². The van der Waals surface area contributed by atoms with Gasteiger partial charge in [0.15, 0.2) is 36.0 Å². The monoisotopic (exact) mass is 1520 g/mol. The number of aromatic nitrogens is 2. The highest BCUT2D eigenvalue weighted by atomic mass is 19.1. The molecule has 0 radical (unpaired) electrons. The summed E-state index contributed by atoms with van der Waals surface area (Å²) in [6, 6.07) is 1.69. The van der Waals surface area contributed by atoms with Crippen molar-refractivity contribution in [1.82, 2.24) is 25.5 Å². The number of nitrogens with one attached hydrogen (secondary N) is 2. The Morgan fingerprint density at radius 3 is 1.36 bits per heavy atom. The van der Waals surface area contributed by atoms with Gasteiger partial charge in [-0.05, 0) is 160 Å². The zero-order chi connectivity index (χ0) is 79.7. The van der Waals surface area contributed by atoms with Gasteiger partial charge in [0.25, 0.3) is 0 Å². The highest BCUT2D eigenvalue weighted by molar-refractivity contribution is 5.79. The molecule has 10 aliphatic rings. The molecule has 4 saturated carbocycles. The Morgan fingerprint density at radius 2 is 1.03 bits per heavy atom. The number of ether oxygens (including phenoxy) is 12. The third-order valence-electron chi connectivity index (χ3n) is 25.4. The van der Waals surface area contributed by atoms with Gasteiger partial charge >= 0.3 is 36.1 Å². The molecule has 12 rings (SSSR count). The number of carbonyl (C=O) groups excluding carboxylic acids is 6. The van der Waals surface area contributed by atoms with E-state index < -0.39 is 200 Å². The number of hydrogen-bond donors (Lipinski definition) is 6. The van der Waals surface area contributed by atoms with Crippen molar-refractivity contribution in [2.45, 2.75) is 282 Å². The smallest absolute Gasteiger partial charge is 0.408 e. The van der Waals surface area contributed by atoms with E-state index in [0.29, 0.717) is 48.9 Å². The molecule has 4 aliphatic heterocycles. The second kappa shape index (κ2) is 29.2. The van der Waals surface area contributed by atoms with Crippen LogP contribution in [0.5, 0.6) is 0 Å². The summed E-state index contributed by atoms with van der Waals surface area (Å²) < 4.78 is 102. The quantitative estimate of drug-likeness (QED) is 0.0552. The first-order valence-corrected chi connectivity index (χ1v) is 37.4. The van der Waals surface area contributed by atoms with Gasteiger partial charge in [0.2, 0.25) is 0 Å². The number of aliphatic hydroxyl groups excluding tert-OH is 2. The van der Waals surface area contributed by atoms with Crippen molar-refractivity contribution in [3.63, 3.8) is 0 Å². The highest BCUT2D eigenvalue weighted by Crippen LogP contribution is 2.70. The predicted molar refractivity (Wildman–Crippen MR) is 381 cm³/mol. The van der Waals surface area contributed by atoms with E-state index in [-0.39, 0.29) is 49.7 Å². The number of halogens is 2. The van der Waals surface area contributed by atoms with E-state index in [0.717, 1.165) is 30.1 Å². The summed E-state index contributed by atoms with van der Waals surface area (Å²) in [6.07, 6.45) is -7.00. The Labute approximate surface area is 630 Å². The van der Waals surface area contributed by atoms with Gasteiger partial charge < -0.3 is 92.8 Å². The number of rotatable bonds is 15. The van der Waals surface area contributed by atoms with Gasteiger partial charge in [-0.2, -0.15) is 0 Å². The fourth-order valence-corrected chi connectivity index (χ4v) is 20.7. The minimum Gasteiger partial charge on any atom is -0.456 e. The second-order valence-corrected chi connectivity index (χ2v) is 35.3. The number of alkyl carbamates (subject to hydrolysis) is 2. The van der Waals surface area contributed by atoms with Crippen LogP contribution in [0.15, 0.2) is 71.6 Å². The third kappa shape index (κ3) is 14.3. The Bertz CT molecular complexity index is 3860. The van der Waals surface area contributed by atoms with Crippen LogP contribution in [-0.4, -0.2) is 212 Å². The molecule has 6 heterocycles. The molecule has 6 aliphatic carbocycles. The van der Waals surface area contributed by atoms with E-state index in [2.05, 4.69) is 41.0 Å². The molecular formula is C79H111F2N5O22. The highest BCUT2D eigenvalue weighted by Gasteiger charge is 2.77. The van der Waals surface area contributed by atoms with Crippen LogP contribution < -0.4 is 10.6 Å². The van der Waals surface area contributed by atoms with E-state index in [1.54, 1.807) is 47.6 Å². The van der Waals surface area contributed by atoms with Crippen LogP contribution in [-0.2, 0) is 76.0 Å². The number of amides is 2. The summed E-state index contributed by atoms with van der Waals surface area (Å²) in [5.74, 6) is -6.56. The third-order valence-corrected chi connectivity index (χ3v) is 25.4. The lowest BCUT2D eigenvalue weighted by molar-refractivity contribution is -0.337. The Morgan fingerprint density at radius 1 is 0.639 bits per heavy atom. The van der Waals surface area contributed by atoms with Gasteiger partial charge in [0.05, 0.1) is 60.4 Å². The topological polar surface area (TPSA) is 347 Å². The van der Waals surface area contributed by atoms with Gasteiger partial charge in [-0.3, -0.25) is 19.6 Å². The molecule has 29 heteroatoms. The molecule has 0 spiro atoms. The van der Waals surface area contributed by atoms with Crippen LogP contribution in [0.1, 0.15) is 187 Å². The van der Waals surface area contributed by atoms with Crippen LogP contribution in [0.3, 0.4) is 0 Å². The van der Waals surface area contributed by atoms with E-state index in [1.807, 2.05) is 74.4 Å². The summed E-state index contributed by atoms with van der Waals surface area (Å²) in [4.78, 5) is 89.3. The lowest BCUT2D eigenvalue weighted by Crippen LogP contribution is -2.77. The largest absolute Gasteiger partial charge is 0.456 e. The van der Waals surface area contributed by atoms with Crippen LogP contribution >= 0.6 is 0 Å². The molecule has 2 aromatic heterocycles. The minimum atomic E-state index is -2.02. The van der Waals surface area contributed by atoms with Crippen molar-refractivity contribution in [1.29, 1.82) is 0 Å². The van der Waals surface area contributed by atoms with Crippen molar-refractivity contribution in [2.75, 3.05) is 33.9 Å². The van der Waals surface area contributed by atoms with Gasteiger partial charge in [0.1, 0.15) is 71.5 Å². The number of carbonyl (C=O) groups is 6. The normalized spacial score (nSPS) is 37.9. The molecule has 108 heavy (non-hydrogen) atoms. The predicted octanol–water partition coefficient (Wildman–Crippen LogP) is 8.57. The van der Waals surface area contributed by atoms with Gasteiger partial charge in [0, 0.05) is 66.7 Å². The molecule has 27 nitrogen and oxygen atoms in total. The number of pyridine rings is 2. The molecule has 6 N–H and O–H groups in total. The number of likely N-dealkylation sites (N-methyl/N-ethyl adjacent to an activating group) is 1.